The van der Waals surface area contributed by atoms with Crippen LogP contribution in [-0.2, 0) is 9.47 Å². The molecule has 0 spiro atoms. The van der Waals surface area contributed by atoms with Crippen molar-refractivity contribution in [3.8, 4) is 5.75 Å². The van der Waals surface area contributed by atoms with E-state index in [1.54, 1.807) is 19.1 Å². The van der Waals surface area contributed by atoms with Crippen molar-refractivity contribution in [2.24, 2.45) is 0 Å². The average molecular weight is 300 g/mol. The molecule has 118 valence electrons. The maximum atomic E-state index is 9.88. The first-order valence-electron chi connectivity index (χ1n) is 6.69. The Bertz CT molecular complexity index is 447. The van der Waals surface area contributed by atoms with Crippen molar-refractivity contribution < 1.29 is 35.0 Å². The highest BCUT2D eigenvalue weighted by Crippen LogP contribution is 2.27. The molecule has 1 heterocycles. The number of hydrogen-bond acceptors (Lipinski definition) is 7. The predicted octanol–water partition coefficient (Wildman–Crippen LogP) is -0.730. The Morgan fingerprint density at radius 1 is 1.10 bits per heavy atom. The Labute approximate surface area is 122 Å². The highest BCUT2D eigenvalue weighted by molar-refractivity contribution is 5.27. The van der Waals surface area contributed by atoms with Crippen LogP contribution in [0.1, 0.15) is 18.6 Å². The van der Waals surface area contributed by atoms with Gasteiger partial charge < -0.3 is 35.0 Å². The van der Waals surface area contributed by atoms with Gasteiger partial charge in [-0.3, -0.25) is 0 Å². The Balaban J connectivity index is 2.05. The first-order chi connectivity index (χ1) is 9.93. The summed E-state index contributed by atoms with van der Waals surface area (Å²) in [6.07, 6.45) is -6.96. The monoisotopic (exact) mass is 300 g/mol. The third kappa shape index (κ3) is 3.52. The lowest BCUT2D eigenvalue weighted by Crippen LogP contribution is -2.59. The van der Waals surface area contributed by atoms with Crippen LogP contribution in [-0.4, -0.2) is 62.8 Å². The number of ether oxygens (including phenoxy) is 2. The normalized spacial score (nSPS) is 34.6. The number of aliphatic hydroxyl groups is 4. The summed E-state index contributed by atoms with van der Waals surface area (Å²) in [6.45, 7) is 1.21. The maximum Gasteiger partial charge on any atom is 0.187 e. The molecule has 0 radical (unpaired) electrons. The number of hydrogen-bond donors (Lipinski definition) is 5. The molecule has 0 aromatic heterocycles. The molecule has 0 saturated carbocycles. The van der Waals surface area contributed by atoms with E-state index in [1.807, 2.05) is 0 Å². The van der Waals surface area contributed by atoms with Gasteiger partial charge in [-0.15, -0.1) is 0 Å². The smallest absolute Gasteiger partial charge is 0.187 e. The number of aliphatic hydroxyl groups excluding tert-OH is 4. The zero-order chi connectivity index (χ0) is 15.6. The molecule has 0 aliphatic carbocycles. The first-order valence-corrected chi connectivity index (χ1v) is 6.69. The quantitative estimate of drug-likeness (QED) is 0.497. The molecule has 0 bridgehead atoms. The van der Waals surface area contributed by atoms with Crippen molar-refractivity contribution in [1.29, 1.82) is 0 Å². The average Bonchev–Trinajstić information content (AvgIpc) is 2.48. The second-order valence-corrected chi connectivity index (χ2v) is 5.07. The van der Waals surface area contributed by atoms with Crippen molar-refractivity contribution >= 4 is 0 Å². The van der Waals surface area contributed by atoms with E-state index >= 15 is 0 Å². The largest absolute Gasteiger partial charge is 0.508 e. The third-order valence-corrected chi connectivity index (χ3v) is 3.55. The van der Waals surface area contributed by atoms with Gasteiger partial charge >= 0.3 is 0 Å². The summed E-state index contributed by atoms with van der Waals surface area (Å²) in [5, 5.41) is 47.6. The fourth-order valence-corrected chi connectivity index (χ4v) is 2.20. The topological polar surface area (TPSA) is 120 Å². The second-order valence-electron chi connectivity index (χ2n) is 5.07. The molecule has 7 heteroatoms. The lowest BCUT2D eigenvalue weighted by molar-refractivity contribution is -0.311. The van der Waals surface area contributed by atoms with Gasteiger partial charge in [-0.2, -0.15) is 0 Å². The molecule has 1 fully saturated rings. The number of benzene rings is 1. The standard InChI is InChI=1S/C14H20O7/c1-7(8-2-4-9(16)5-3-8)20-14-13(19)12(18)11(17)10(6-15)21-14/h2-5,7,10-19H,6H2,1H3/t7?,10-,11-,12-,13-,14+/m1/s1. The minimum absolute atomic E-state index is 0.124. The van der Waals surface area contributed by atoms with Gasteiger partial charge in [0.25, 0.3) is 0 Å². The van der Waals surface area contributed by atoms with Gasteiger partial charge in [-0.05, 0) is 24.6 Å². The summed E-state index contributed by atoms with van der Waals surface area (Å²) >= 11 is 0. The number of rotatable bonds is 4. The number of phenolic OH excluding ortho intramolecular Hbond substituents is 1. The van der Waals surface area contributed by atoms with E-state index in [4.69, 9.17) is 14.6 Å². The Morgan fingerprint density at radius 2 is 1.71 bits per heavy atom. The second kappa shape index (κ2) is 6.69. The summed E-state index contributed by atoms with van der Waals surface area (Å²) in [5.74, 6) is 0.124. The van der Waals surface area contributed by atoms with E-state index in [9.17, 15) is 20.4 Å². The number of aromatic hydroxyl groups is 1. The van der Waals surface area contributed by atoms with Crippen molar-refractivity contribution in [2.75, 3.05) is 6.61 Å². The number of phenols is 1. The van der Waals surface area contributed by atoms with Crippen LogP contribution in [0.4, 0.5) is 0 Å². The van der Waals surface area contributed by atoms with Crippen LogP contribution < -0.4 is 0 Å². The van der Waals surface area contributed by atoms with E-state index in [2.05, 4.69) is 0 Å². The highest BCUT2D eigenvalue weighted by atomic mass is 16.7. The summed E-state index contributed by atoms with van der Waals surface area (Å²) in [7, 11) is 0. The molecule has 6 atom stereocenters. The Morgan fingerprint density at radius 3 is 2.29 bits per heavy atom. The zero-order valence-corrected chi connectivity index (χ0v) is 11.5. The molecule has 21 heavy (non-hydrogen) atoms. The van der Waals surface area contributed by atoms with Crippen LogP contribution in [0.25, 0.3) is 0 Å². The fraction of sp³-hybridized carbons (Fsp3) is 0.571. The van der Waals surface area contributed by atoms with Gasteiger partial charge in [0.15, 0.2) is 6.29 Å². The molecule has 1 aliphatic rings. The minimum atomic E-state index is -1.46. The SMILES string of the molecule is CC(O[C@H]1O[C@H](CO)[C@@H](O)[C@@H](O)[C@H]1O)c1ccc(O)cc1. The molecular weight excluding hydrogens is 280 g/mol. The summed E-state index contributed by atoms with van der Waals surface area (Å²) in [4.78, 5) is 0. The highest BCUT2D eigenvalue weighted by Gasteiger charge is 2.44. The third-order valence-electron chi connectivity index (χ3n) is 3.55. The molecular formula is C14H20O7. The van der Waals surface area contributed by atoms with Crippen LogP contribution in [0.2, 0.25) is 0 Å². The molecule has 2 rings (SSSR count). The molecule has 1 unspecified atom stereocenters. The van der Waals surface area contributed by atoms with Gasteiger partial charge in [-0.25, -0.2) is 0 Å². The predicted molar refractivity (Wildman–Crippen MR) is 71.4 cm³/mol. The van der Waals surface area contributed by atoms with Gasteiger partial charge in [0.2, 0.25) is 0 Å². The summed E-state index contributed by atoms with van der Waals surface area (Å²) in [5.41, 5.74) is 0.741. The van der Waals surface area contributed by atoms with Crippen molar-refractivity contribution in [1.82, 2.24) is 0 Å². The molecule has 0 amide bonds. The molecule has 1 saturated heterocycles. The first kappa shape index (κ1) is 16.2. The van der Waals surface area contributed by atoms with Crippen LogP contribution in [0, 0.1) is 0 Å². The molecule has 1 aromatic rings. The summed E-state index contributed by atoms with van der Waals surface area (Å²) in [6, 6.07) is 6.32. The molecule has 1 aromatic carbocycles. The van der Waals surface area contributed by atoms with Crippen LogP contribution in [0.5, 0.6) is 5.75 Å². The van der Waals surface area contributed by atoms with Crippen molar-refractivity contribution in [3.63, 3.8) is 0 Å². The van der Waals surface area contributed by atoms with Crippen molar-refractivity contribution in [3.05, 3.63) is 29.8 Å². The van der Waals surface area contributed by atoms with Gasteiger partial charge in [0, 0.05) is 0 Å². The van der Waals surface area contributed by atoms with Crippen LogP contribution >= 0.6 is 0 Å². The van der Waals surface area contributed by atoms with Gasteiger partial charge in [-0.1, -0.05) is 12.1 Å². The maximum absolute atomic E-state index is 9.88. The molecule has 1 aliphatic heterocycles. The van der Waals surface area contributed by atoms with Crippen LogP contribution in [0.3, 0.4) is 0 Å². The Hall–Kier alpha value is -1.22. The summed E-state index contributed by atoms with van der Waals surface area (Å²) < 4.78 is 10.8. The Kier molecular flexibility index (Phi) is 5.15. The van der Waals surface area contributed by atoms with E-state index < -0.39 is 43.4 Å². The van der Waals surface area contributed by atoms with Crippen LogP contribution in [0.15, 0.2) is 24.3 Å². The van der Waals surface area contributed by atoms with Gasteiger partial charge in [0.1, 0.15) is 30.2 Å². The van der Waals surface area contributed by atoms with Gasteiger partial charge in [0.05, 0.1) is 12.7 Å². The lowest BCUT2D eigenvalue weighted by atomic mass is 9.99. The minimum Gasteiger partial charge on any atom is -0.508 e. The fourth-order valence-electron chi connectivity index (χ4n) is 2.20. The molecule has 7 nitrogen and oxygen atoms in total. The van der Waals surface area contributed by atoms with E-state index in [0.29, 0.717) is 0 Å². The van der Waals surface area contributed by atoms with E-state index in [1.165, 1.54) is 12.1 Å². The van der Waals surface area contributed by atoms with E-state index in [0.717, 1.165) is 5.56 Å². The zero-order valence-electron chi connectivity index (χ0n) is 11.5. The lowest BCUT2D eigenvalue weighted by Gasteiger charge is -2.40. The van der Waals surface area contributed by atoms with E-state index in [-0.39, 0.29) is 5.75 Å². The van der Waals surface area contributed by atoms with Crippen molar-refractivity contribution in [2.45, 2.75) is 43.7 Å². The molecule has 5 N–H and O–H groups in total.